The van der Waals surface area contributed by atoms with Crippen molar-refractivity contribution in [3.63, 3.8) is 0 Å². The van der Waals surface area contributed by atoms with Crippen LogP contribution in [0, 0.1) is 5.41 Å². The van der Waals surface area contributed by atoms with Crippen LogP contribution in [0.4, 0.5) is 46.8 Å². The highest BCUT2D eigenvalue weighted by Gasteiger charge is 2.45. The first-order chi connectivity index (χ1) is 19.7. The number of hydrogen-bond donors (Lipinski definition) is 4. The van der Waals surface area contributed by atoms with Crippen molar-refractivity contribution in [2.75, 3.05) is 22.5 Å². The first-order valence-electron chi connectivity index (χ1n) is 13.0. The number of hydrogen-bond acceptors (Lipinski definition) is 7. The summed E-state index contributed by atoms with van der Waals surface area (Å²) in [6.07, 6.45) is -3.87. The van der Waals surface area contributed by atoms with Crippen LogP contribution in [0.3, 0.4) is 0 Å². The number of ether oxygens (including phenoxy) is 1. The van der Waals surface area contributed by atoms with E-state index >= 15 is 0 Å². The fourth-order valence-electron chi connectivity index (χ4n) is 4.83. The van der Waals surface area contributed by atoms with Crippen LogP contribution in [0.2, 0.25) is 0 Å². The van der Waals surface area contributed by atoms with Crippen molar-refractivity contribution in [1.29, 1.82) is 0 Å². The molecule has 2 heterocycles. The Morgan fingerprint density at radius 1 is 1.07 bits per heavy atom. The van der Waals surface area contributed by atoms with Crippen molar-refractivity contribution >= 4 is 40.8 Å². The van der Waals surface area contributed by atoms with Crippen molar-refractivity contribution < 1.29 is 32.6 Å². The number of carbonyl (C=O) groups excluding carboxylic acids is 1. The van der Waals surface area contributed by atoms with Crippen LogP contribution in [0.25, 0.3) is 0 Å². The zero-order valence-electron chi connectivity index (χ0n) is 23.2. The number of alkyl halides is 3. The summed E-state index contributed by atoms with van der Waals surface area (Å²) in [5.41, 5.74) is -0.396. The molecule has 0 radical (unpaired) electrons. The Labute approximate surface area is 240 Å². The van der Waals surface area contributed by atoms with Gasteiger partial charge in [0.15, 0.2) is 0 Å². The van der Waals surface area contributed by atoms with Crippen molar-refractivity contribution in [3.8, 4) is 5.75 Å². The average molecular weight is 585 g/mol. The van der Waals surface area contributed by atoms with Gasteiger partial charge in [-0.2, -0.15) is 18.2 Å². The smallest absolute Gasteiger partial charge is 0.421 e. The third kappa shape index (κ3) is 7.28. The van der Waals surface area contributed by atoms with Gasteiger partial charge in [0.25, 0.3) is 0 Å². The summed E-state index contributed by atoms with van der Waals surface area (Å²) >= 11 is 0. The molecule has 3 aromatic rings. The summed E-state index contributed by atoms with van der Waals surface area (Å²) in [7, 11) is 0. The summed E-state index contributed by atoms with van der Waals surface area (Å²) in [5.74, 6) is -0.615. The Hall–Kier alpha value is -4.81. The van der Waals surface area contributed by atoms with Crippen LogP contribution in [-0.4, -0.2) is 50.7 Å². The number of carbonyl (C=O) groups is 2. The number of nitrogens with one attached hydrogen (secondary N) is 3. The zero-order valence-corrected chi connectivity index (χ0v) is 23.2. The van der Waals surface area contributed by atoms with Gasteiger partial charge in [0, 0.05) is 42.3 Å². The molecule has 0 bridgehead atoms. The second-order valence-corrected chi connectivity index (χ2v) is 10.7. The minimum absolute atomic E-state index is 0.107. The van der Waals surface area contributed by atoms with Crippen LogP contribution in [0.1, 0.15) is 32.8 Å². The molecule has 1 aliphatic rings. The highest BCUT2D eigenvalue weighted by Crippen LogP contribution is 2.37. The summed E-state index contributed by atoms with van der Waals surface area (Å²) in [6, 6.07) is 12.5. The van der Waals surface area contributed by atoms with Crippen molar-refractivity contribution in [1.82, 2.24) is 14.9 Å². The molecule has 4 rings (SSSR count). The first kappa shape index (κ1) is 30.2. The molecule has 2 unspecified atom stereocenters. The second-order valence-electron chi connectivity index (χ2n) is 10.7. The van der Waals surface area contributed by atoms with Crippen LogP contribution in [-0.2, 0) is 11.0 Å². The summed E-state index contributed by atoms with van der Waals surface area (Å²) < 4.78 is 47.5. The number of halogens is 3. The Balaban J connectivity index is 1.56. The zero-order chi connectivity index (χ0) is 30.7. The third-order valence-corrected chi connectivity index (χ3v) is 6.53. The maximum atomic E-state index is 13.8. The monoisotopic (exact) mass is 584 g/mol. The predicted octanol–water partition coefficient (Wildman–Crippen LogP) is 6.65. The SMILES string of the molecule is C=CC(=O)Nc1cccc(Nc2nc(Nc3cccc(OC4CCN(C(=O)O)C4C(C)(C)C)c3)ncc2C(F)(F)F)c1. The molecule has 222 valence electrons. The first-order valence-corrected chi connectivity index (χ1v) is 13.0. The van der Waals surface area contributed by atoms with Crippen molar-refractivity contribution in [2.24, 2.45) is 5.41 Å². The lowest BCUT2D eigenvalue weighted by Gasteiger charge is -2.36. The van der Waals surface area contributed by atoms with Gasteiger partial charge in [0.1, 0.15) is 23.2 Å². The van der Waals surface area contributed by atoms with E-state index in [9.17, 15) is 27.9 Å². The van der Waals surface area contributed by atoms with Crippen LogP contribution >= 0.6 is 0 Å². The van der Waals surface area contributed by atoms with E-state index in [4.69, 9.17) is 4.74 Å². The van der Waals surface area contributed by atoms with E-state index in [2.05, 4.69) is 32.5 Å². The molecule has 2 atom stereocenters. The van der Waals surface area contributed by atoms with Gasteiger partial charge in [0.2, 0.25) is 11.9 Å². The van der Waals surface area contributed by atoms with Gasteiger partial charge >= 0.3 is 12.3 Å². The molecular formula is C29H31F3N6O4. The van der Waals surface area contributed by atoms with Crippen LogP contribution in [0.5, 0.6) is 5.75 Å². The lowest BCUT2D eigenvalue weighted by molar-refractivity contribution is -0.137. The molecule has 13 heteroatoms. The molecule has 4 N–H and O–H groups in total. The van der Waals surface area contributed by atoms with E-state index in [-0.39, 0.29) is 29.2 Å². The van der Waals surface area contributed by atoms with Crippen molar-refractivity contribution in [3.05, 3.63) is 72.9 Å². The second kappa shape index (κ2) is 12.0. The third-order valence-electron chi connectivity index (χ3n) is 6.53. The molecule has 0 aliphatic carbocycles. The van der Waals surface area contributed by atoms with Gasteiger partial charge in [-0.3, -0.25) is 4.79 Å². The highest BCUT2D eigenvalue weighted by atomic mass is 19.4. The van der Waals surface area contributed by atoms with Gasteiger partial charge in [-0.05, 0) is 41.8 Å². The quantitative estimate of drug-likeness (QED) is 0.217. The summed E-state index contributed by atoms with van der Waals surface area (Å²) in [4.78, 5) is 32.7. The molecule has 1 saturated heterocycles. The minimum atomic E-state index is -4.74. The largest absolute Gasteiger partial charge is 0.488 e. The lowest BCUT2D eigenvalue weighted by atomic mass is 9.84. The minimum Gasteiger partial charge on any atom is -0.488 e. The Morgan fingerprint density at radius 3 is 2.38 bits per heavy atom. The van der Waals surface area contributed by atoms with E-state index in [1.54, 1.807) is 36.4 Å². The number of nitrogens with zero attached hydrogens (tertiary/aromatic N) is 3. The Morgan fingerprint density at radius 2 is 1.74 bits per heavy atom. The molecule has 0 saturated carbocycles. The maximum absolute atomic E-state index is 13.8. The molecule has 1 aliphatic heterocycles. The van der Waals surface area contributed by atoms with Gasteiger partial charge in [-0.1, -0.05) is 39.5 Å². The number of amides is 2. The molecule has 10 nitrogen and oxygen atoms in total. The number of anilines is 5. The molecule has 1 fully saturated rings. The normalized spacial score (nSPS) is 17.0. The molecular weight excluding hydrogens is 553 g/mol. The number of benzene rings is 2. The number of rotatable bonds is 8. The van der Waals surface area contributed by atoms with E-state index in [0.29, 0.717) is 36.3 Å². The molecule has 1 aromatic heterocycles. The molecule has 0 spiro atoms. The maximum Gasteiger partial charge on any atom is 0.421 e. The molecule has 42 heavy (non-hydrogen) atoms. The van der Waals surface area contributed by atoms with Gasteiger partial charge in [0.05, 0.1) is 6.04 Å². The fourth-order valence-corrected chi connectivity index (χ4v) is 4.83. The van der Waals surface area contributed by atoms with E-state index < -0.39 is 29.6 Å². The summed E-state index contributed by atoms with van der Waals surface area (Å²) in [6.45, 7) is 9.58. The Kier molecular flexibility index (Phi) is 8.59. The van der Waals surface area contributed by atoms with Crippen LogP contribution < -0.4 is 20.7 Å². The topological polar surface area (TPSA) is 129 Å². The van der Waals surface area contributed by atoms with Gasteiger partial charge < -0.3 is 30.7 Å². The van der Waals surface area contributed by atoms with E-state index in [1.807, 2.05) is 20.8 Å². The molecule has 2 aromatic carbocycles. The number of aromatic nitrogens is 2. The molecule has 2 amide bonds. The van der Waals surface area contributed by atoms with E-state index in [0.717, 1.165) is 6.08 Å². The summed E-state index contributed by atoms with van der Waals surface area (Å²) in [5, 5.41) is 17.8. The lowest BCUT2D eigenvalue weighted by Crippen LogP contribution is -2.48. The number of carboxylic acid groups (broad SMARTS) is 1. The van der Waals surface area contributed by atoms with E-state index in [1.165, 1.54) is 17.0 Å². The van der Waals surface area contributed by atoms with Gasteiger partial charge in [-0.25, -0.2) is 9.78 Å². The standard InChI is InChI=1S/C29H31F3N6O4/c1-5-23(39)34-17-8-6-9-18(14-17)35-25-21(29(30,31)32)16-33-26(37-25)36-19-10-7-11-20(15-19)42-22-12-13-38(27(40)41)24(22)28(2,3)4/h5-11,14-16,22,24H,1,12-13H2,2-4H3,(H,34,39)(H,40,41)(H2,33,35,36,37). The van der Waals surface area contributed by atoms with Gasteiger partial charge in [-0.15, -0.1) is 0 Å². The highest BCUT2D eigenvalue weighted by molar-refractivity contribution is 5.99. The fraction of sp³-hybridized carbons (Fsp3) is 0.310. The van der Waals surface area contributed by atoms with Crippen LogP contribution in [0.15, 0.2) is 67.4 Å². The number of likely N-dealkylation sites (tertiary alicyclic amines) is 1. The average Bonchev–Trinajstić information content (AvgIpc) is 3.33. The predicted molar refractivity (Wildman–Crippen MR) is 152 cm³/mol. The van der Waals surface area contributed by atoms with Crippen molar-refractivity contribution in [2.45, 2.75) is 45.5 Å². The Bertz CT molecular complexity index is 1470.